The van der Waals surface area contributed by atoms with Crippen molar-refractivity contribution in [1.82, 2.24) is 0 Å². The minimum absolute atomic E-state index is 0.0424. The second kappa shape index (κ2) is 3.96. The first-order valence-corrected chi connectivity index (χ1v) is 4.35. The lowest BCUT2D eigenvalue weighted by Crippen LogP contribution is -2.28. The Balaban J connectivity index is 3.12. The highest BCUT2D eigenvalue weighted by Crippen LogP contribution is 2.35. The number of hydrogen-bond acceptors (Lipinski definition) is 1. The van der Waals surface area contributed by atoms with E-state index in [1.54, 1.807) is 0 Å². The molecular formula is C8H6Cl2F3N. The number of nitrogens with two attached hydrogens (primary N) is 1. The zero-order chi connectivity index (χ0) is 10.9. The van der Waals surface area contributed by atoms with Crippen LogP contribution < -0.4 is 5.73 Å². The molecule has 1 aromatic carbocycles. The van der Waals surface area contributed by atoms with Gasteiger partial charge < -0.3 is 5.73 Å². The largest absolute Gasteiger partial charge is 0.407 e. The summed E-state index contributed by atoms with van der Waals surface area (Å²) in [5.74, 6) is 0. The summed E-state index contributed by atoms with van der Waals surface area (Å²) in [7, 11) is 0. The van der Waals surface area contributed by atoms with Crippen LogP contribution in [0.25, 0.3) is 0 Å². The van der Waals surface area contributed by atoms with E-state index in [9.17, 15) is 13.2 Å². The van der Waals surface area contributed by atoms with E-state index >= 15 is 0 Å². The average Bonchev–Trinajstić information content (AvgIpc) is 2.06. The minimum Gasteiger partial charge on any atom is -0.316 e. The van der Waals surface area contributed by atoms with E-state index in [2.05, 4.69) is 0 Å². The summed E-state index contributed by atoms with van der Waals surface area (Å²) < 4.78 is 36.7. The fourth-order valence-corrected chi connectivity index (χ4v) is 1.34. The van der Waals surface area contributed by atoms with E-state index < -0.39 is 12.2 Å². The maximum Gasteiger partial charge on any atom is 0.407 e. The molecular weight excluding hydrogens is 238 g/mol. The summed E-state index contributed by atoms with van der Waals surface area (Å²) in [6.07, 6.45) is -4.52. The molecule has 6 heteroatoms. The Morgan fingerprint density at radius 2 is 1.79 bits per heavy atom. The summed E-state index contributed by atoms with van der Waals surface area (Å²) >= 11 is 11.1. The lowest BCUT2D eigenvalue weighted by Gasteiger charge is -2.17. The van der Waals surface area contributed by atoms with Crippen LogP contribution in [-0.4, -0.2) is 6.18 Å². The lowest BCUT2D eigenvalue weighted by atomic mass is 10.1. The van der Waals surface area contributed by atoms with Crippen molar-refractivity contribution in [2.75, 3.05) is 0 Å². The fourth-order valence-electron chi connectivity index (χ4n) is 0.929. The Hall–Kier alpha value is -0.450. The molecule has 0 radical (unpaired) electrons. The second-order valence-corrected chi connectivity index (χ2v) is 3.53. The van der Waals surface area contributed by atoms with Crippen molar-refractivity contribution >= 4 is 23.2 Å². The molecule has 0 saturated heterocycles. The summed E-state index contributed by atoms with van der Waals surface area (Å²) in [6, 6.07) is 1.69. The zero-order valence-corrected chi connectivity index (χ0v) is 8.29. The van der Waals surface area contributed by atoms with Crippen molar-refractivity contribution in [3.63, 3.8) is 0 Å². The van der Waals surface area contributed by atoms with Crippen LogP contribution >= 0.6 is 23.2 Å². The number of benzene rings is 1. The smallest absolute Gasteiger partial charge is 0.316 e. The van der Waals surface area contributed by atoms with E-state index in [4.69, 9.17) is 28.9 Å². The monoisotopic (exact) mass is 243 g/mol. The molecule has 0 spiro atoms. The summed E-state index contributed by atoms with van der Waals surface area (Å²) in [5.41, 5.74) is 4.76. The third-order valence-electron chi connectivity index (χ3n) is 1.65. The Labute approximate surface area is 88.6 Å². The van der Waals surface area contributed by atoms with E-state index in [0.717, 1.165) is 6.07 Å². The highest BCUT2D eigenvalue weighted by molar-refractivity contribution is 6.33. The van der Waals surface area contributed by atoms with Gasteiger partial charge in [0, 0.05) is 10.0 Å². The Morgan fingerprint density at radius 1 is 1.21 bits per heavy atom. The summed E-state index contributed by atoms with van der Waals surface area (Å²) in [5, 5.41) is 0.128. The second-order valence-electron chi connectivity index (χ2n) is 2.69. The van der Waals surface area contributed by atoms with Gasteiger partial charge >= 0.3 is 6.18 Å². The fraction of sp³-hybridized carbons (Fsp3) is 0.250. The van der Waals surface area contributed by atoms with Crippen molar-refractivity contribution in [2.45, 2.75) is 12.2 Å². The highest BCUT2D eigenvalue weighted by atomic mass is 35.5. The molecule has 0 fully saturated rings. The molecule has 0 aliphatic heterocycles. The molecule has 0 amide bonds. The van der Waals surface area contributed by atoms with E-state index in [-0.39, 0.29) is 15.6 Å². The lowest BCUT2D eigenvalue weighted by molar-refractivity contribution is -0.149. The van der Waals surface area contributed by atoms with Crippen molar-refractivity contribution in [3.05, 3.63) is 33.8 Å². The van der Waals surface area contributed by atoms with Crippen LogP contribution in [0.5, 0.6) is 0 Å². The Kier molecular flexibility index (Phi) is 3.29. The van der Waals surface area contributed by atoms with Gasteiger partial charge in [0.05, 0.1) is 0 Å². The van der Waals surface area contributed by atoms with E-state index in [0.29, 0.717) is 0 Å². The van der Waals surface area contributed by atoms with Gasteiger partial charge in [0.15, 0.2) is 0 Å². The number of rotatable bonds is 1. The third-order valence-corrected chi connectivity index (χ3v) is 2.23. The van der Waals surface area contributed by atoms with Crippen LogP contribution in [0, 0.1) is 0 Å². The van der Waals surface area contributed by atoms with Crippen LogP contribution in [0.3, 0.4) is 0 Å². The maximum absolute atomic E-state index is 12.2. The Morgan fingerprint density at radius 3 is 2.29 bits per heavy atom. The van der Waals surface area contributed by atoms with Gasteiger partial charge in [-0.25, -0.2) is 0 Å². The van der Waals surface area contributed by atoms with Gasteiger partial charge in [-0.15, -0.1) is 0 Å². The van der Waals surface area contributed by atoms with Crippen LogP contribution in [0.1, 0.15) is 11.6 Å². The molecule has 0 aliphatic carbocycles. The number of alkyl halides is 3. The van der Waals surface area contributed by atoms with Crippen LogP contribution in [0.15, 0.2) is 18.2 Å². The summed E-state index contributed by atoms with van der Waals surface area (Å²) in [4.78, 5) is 0. The molecule has 0 saturated carbocycles. The predicted octanol–water partition coefficient (Wildman–Crippen LogP) is 3.56. The van der Waals surface area contributed by atoms with Crippen molar-refractivity contribution in [3.8, 4) is 0 Å². The van der Waals surface area contributed by atoms with Gasteiger partial charge in [0.1, 0.15) is 6.04 Å². The van der Waals surface area contributed by atoms with Gasteiger partial charge in [0.25, 0.3) is 0 Å². The normalized spacial score (nSPS) is 14.1. The molecule has 2 N–H and O–H groups in total. The molecule has 1 nitrogen and oxygen atoms in total. The van der Waals surface area contributed by atoms with Crippen LogP contribution in [0.2, 0.25) is 10.0 Å². The quantitative estimate of drug-likeness (QED) is 0.802. The van der Waals surface area contributed by atoms with Gasteiger partial charge in [-0.1, -0.05) is 23.2 Å². The first-order chi connectivity index (χ1) is 6.32. The molecule has 1 atom stereocenters. The minimum atomic E-state index is -4.52. The average molecular weight is 244 g/mol. The van der Waals surface area contributed by atoms with Crippen molar-refractivity contribution in [2.24, 2.45) is 5.73 Å². The van der Waals surface area contributed by atoms with Gasteiger partial charge in [0.2, 0.25) is 0 Å². The van der Waals surface area contributed by atoms with Crippen molar-refractivity contribution in [1.29, 1.82) is 0 Å². The number of hydrogen-bond donors (Lipinski definition) is 1. The van der Waals surface area contributed by atoms with E-state index in [1.165, 1.54) is 12.1 Å². The topological polar surface area (TPSA) is 26.0 Å². The molecule has 0 bridgehead atoms. The molecule has 0 aromatic heterocycles. The SMILES string of the molecule is NC(c1cc(Cl)ccc1Cl)C(F)(F)F. The van der Waals surface area contributed by atoms with E-state index in [1.807, 2.05) is 0 Å². The van der Waals surface area contributed by atoms with Crippen LogP contribution in [-0.2, 0) is 0 Å². The molecule has 1 aromatic rings. The predicted molar refractivity (Wildman–Crippen MR) is 49.4 cm³/mol. The maximum atomic E-state index is 12.2. The Bertz CT molecular complexity index is 338. The molecule has 0 heterocycles. The third kappa shape index (κ3) is 2.53. The zero-order valence-electron chi connectivity index (χ0n) is 6.78. The molecule has 14 heavy (non-hydrogen) atoms. The van der Waals surface area contributed by atoms with Gasteiger partial charge in [-0.2, -0.15) is 13.2 Å². The van der Waals surface area contributed by atoms with Gasteiger partial charge in [-0.3, -0.25) is 0 Å². The molecule has 78 valence electrons. The van der Waals surface area contributed by atoms with Crippen LogP contribution in [0.4, 0.5) is 13.2 Å². The van der Waals surface area contributed by atoms with Crippen molar-refractivity contribution < 1.29 is 13.2 Å². The first-order valence-electron chi connectivity index (χ1n) is 3.59. The van der Waals surface area contributed by atoms with Gasteiger partial charge in [-0.05, 0) is 23.8 Å². The standard InChI is InChI=1S/C8H6Cl2F3N/c9-4-1-2-6(10)5(3-4)7(14)8(11,12)13/h1-3,7H,14H2. The highest BCUT2D eigenvalue weighted by Gasteiger charge is 2.38. The molecule has 1 unspecified atom stereocenters. The first kappa shape index (κ1) is 11.6. The molecule has 1 rings (SSSR count). The molecule has 0 aliphatic rings. The number of halogens is 5. The summed E-state index contributed by atoms with van der Waals surface area (Å²) in [6.45, 7) is 0.